The first kappa shape index (κ1) is 21.7. The van der Waals surface area contributed by atoms with Crippen LogP contribution in [0.15, 0.2) is 48.5 Å². The molecule has 1 amide bonds. The number of likely N-dealkylation sites (N-methyl/N-ethyl adjacent to an activating group) is 1. The van der Waals surface area contributed by atoms with Crippen LogP contribution in [0.25, 0.3) is 10.9 Å². The maximum atomic E-state index is 12.6. The molecule has 31 heavy (non-hydrogen) atoms. The second kappa shape index (κ2) is 10.2. The number of hydrogen-bond donors (Lipinski definition) is 2. The Kier molecular flexibility index (Phi) is 7.12. The Balaban J connectivity index is 1.29. The van der Waals surface area contributed by atoms with Gasteiger partial charge in [-0.05, 0) is 43.7 Å². The largest absolute Gasteiger partial charge is 0.492 e. The number of aromatic nitrogens is 1. The molecule has 0 spiro atoms. The van der Waals surface area contributed by atoms with Crippen molar-refractivity contribution >= 4 is 28.4 Å². The van der Waals surface area contributed by atoms with E-state index in [0.717, 1.165) is 54.8 Å². The molecule has 1 fully saturated rings. The highest BCUT2D eigenvalue weighted by Crippen LogP contribution is 2.27. The molecule has 1 aliphatic rings. The highest BCUT2D eigenvalue weighted by Gasteiger charge is 2.18. The van der Waals surface area contributed by atoms with Gasteiger partial charge in [0.1, 0.15) is 18.1 Å². The van der Waals surface area contributed by atoms with Gasteiger partial charge in [0.15, 0.2) is 0 Å². The quantitative estimate of drug-likeness (QED) is 0.548. The fraction of sp³-hybridized carbons (Fsp3) is 0.375. The summed E-state index contributed by atoms with van der Waals surface area (Å²) < 4.78 is 11.4. The van der Waals surface area contributed by atoms with Gasteiger partial charge in [0, 0.05) is 43.2 Å². The summed E-state index contributed by atoms with van der Waals surface area (Å²) in [7, 11) is 2.14. The van der Waals surface area contributed by atoms with Crippen LogP contribution in [-0.2, 0) is 11.3 Å². The molecule has 0 atom stereocenters. The minimum atomic E-state index is -0.231. The number of rotatable bonds is 8. The summed E-state index contributed by atoms with van der Waals surface area (Å²) in [5.74, 6) is 0.571. The highest BCUT2D eigenvalue weighted by atomic mass is 35.5. The molecular weight excluding hydrogens is 414 g/mol. The van der Waals surface area contributed by atoms with E-state index in [2.05, 4.69) is 22.2 Å². The molecule has 2 heterocycles. The van der Waals surface area contributed by atoms with E-state index in [1.165, 1.54) is 0 Å². The first-order valence-corrected chi connectivity index (χ1v) is 11.0. The molecule has 0 saturated carbocycles. The Morgan fingerprint density at radius 3 is 2.84 bits per heavy atom. The Hall–Kier alpha value is -2.54. The molecule has 0 bridgehead atoms. The van der Waals surface area contributed by atoms with Gasteiger partial charge < -0.3 is 19.8 Å². The normalized spacial score (nSPS) is 14.8. The SMILES string of the molecule is CN(CCOc1cccc(CNC(=O)c2[nH]c3ccccc3c2Cl)c1)C1CCOCC1. The van der Waals surface area contributed by atoms with Crippen molar-refractivity contribution in [1.29, 1.82) is 0 Å². The predicted molar refractivity (Wildman–Crippen MR) is 123 cm³/mol. The number of nitrogens with one attached hydrogen (secondary N) is 2. The summed E-state index contributed by atoms with van der Waals surface area (Å²) in [6.07, 6.45) is 2.15. The van der Waals surface area contributed by atoms with Crippen LogP contribution in [-0.4, -0.2) is 55.2 Å². The van der Waals surface area contributed by atoms with Crippen molar-refractivity contribution in [2.45, 2.75) is 25.4 Å². The van der Waals surface area contributed by atoms with E-state index in [1.54, 1.807) is 0 Å². The maximum Gasteiger partial charge on any atom is 0.269 e. The van der Waals surface area contributed by atoms with E-state index >= 15 is 0 Å². The number of amides is 1. The number of carbonyl (C=O) groups is 1. The van der Waals surface area contributed by atoms with E-state index in [9.17, 15) is 4.79 Å². The Morgan fingerprint density at radius 2 is 2.03 bits per heavy atom. The third kappa shape index (κ3) is 5.39. The Labute approximate surface area is 187 Å². The Morgan fingerprint density at radius 1 is 1.23 bits per heavy atom. The van der Waals surface area contributed by atoms with Crippen molar-refractivity contribution in [2.75, 3.05) is 33.4 Å². The van der Waals surface area contributed by atoms with Gasteiger partial charge in [-0.3, -0.25) is 9.69 Å². The van der Waals surface area contributed by atoms with Crippen LogP contribution >= 0.6 is 11.6 Å². The van der Waals surface area contributed by atoms with Gasteiger partial charge in [0.25, 0.3) is 5.91 Å². The number of nitrogens with zero attached hydrogens (tertiary/aromatic N) is 1. The van der Waals surface area contributed by atoms with E-state index in [4.69, 9.17) is 21.1 Å². The lowest BCUT2D eigenvalue weighted by molar-refractivity contribution is 0.0392. The highest BCUT2D eigenvalue weighted by molar-refractivity contribution is 6.38. The molecular formula is C24H28ClN3O3. The zero-order valence-corrected chi connectivity index (χ0v) is 18.5. The number of ether oxygens (including phenoxy) is 2. The molecule has 3 aromatic rings. The zero-order chi connectivity index (χ0) is 21.6. The van der Waals surface area contributed by atoms with E-state index in [0.29, 0.717) is 29.9 Å². The summed E-state index contributed by atoms with van der Waals surface area (Å²) >= 11 is 6.37. The van der Waals surface area contributed by atoms with Crippen LogP contribution in [0.1, 0.15) is 28.9 Å². The van der Waals surface area contributed by atoms with Gasteiger partial charge in [-0.1, -0.05) is 41.9 Å². The van der Waals surface area contributed by atoms with Gasteiger partial charge in [-0.15, -0.1) is 0 Å². The number of halogens is 1. The number of aromatic amines is 1. The topological polar surface area (TPSA) is 66.6 Å². The third-order valence-electron chi connectivity index (χ3n) is 5.75. The van der Waals surface area contributed by atoms with Crippen molar-refractivity contribution in [3.05, 3.63) is 64.8 Å². The molecule has 1 saturated heterocycles. The number of para-hydroxylation sites is 1. The van der Waals surface area contributed by atoms with Crippen LogP contribution in [0, 0.1) is 0 Å². The average Bonchev–Trinajstić information content (AvgIpc) is 3.15. The summed E-state index contributed by atoms with van der Waals surface area (Å²) in [4.78, 5) is 18.1. The first-order valence-electron chi connectivity index (χ1n) is 10.7. The minimum Gasteiger partial charge on any atom is -0.492 e. The molecule has 164 valence electrons. The monoisotopic (exact) mass is 441 g/mol. The predicted octanol–water partition coefficient (Wildman–Crippen LogP) is 4.24. The summed E-state index contributed by atoms with van der Waals surface area (Å²) in [5, 5.41) is 4.22. The molecule has 1 aromatic heterocycles. The van der Waals surface area contributed by atoms with Gasteiger partial charge in [-0.25, -0.2) is 0 Å². The minimum absolute atomic E-state index is 0.231. The molecule has 7 heteroatoms. The zero-order valence-electron chi connectivity index (χ0n) is 17.7. The molecule has 2 N–H and O–H groups in total. The van der Waals surface area contributed by atoms with Crippen molar-refractivity contribution in [1.82, 2.24) is 15.2 Å². The number of fused-ring (bicyclic) bond motifs is 1. The van der Waals surface area contributed by atoms with Crippen LogP contribution in [0.5, 0.6) is 5.75 Å². The van der Waals surface area contributed by atoms with Crippen LogP contribution in [0.2, 0.25) is 5.02 Å². The number of carbonyl (C=O) groups excluding carboxylic acids is 1. The third-order valence-corrected chi connectivity index (χ3v) is 6.14. The van der Waals surface area contributed by atoms with Crippen molar-refractivity contribution < 1.29 is 14.3 Å². The van der Waals surface area contributed by atoms with Crippen LogP contribution < -0.4 is 10.1 Å². The second-order valence-electron chi connectivity index (χ2n) is 7.86. The fourth-order valence-electron chi connectivity index (χ4n) is 3.90. The summed E-state index contributed by atoms with van der Waals surface area (Å²) in [5.41, 5.74) is 2.20. The number of benzene rings is 2. The fourth-order valence-corrected chi connectivity index (χ4v) is 4.19. The van der Waals surface area contributed by atoms with Gasteiger partial charge in [-0.2, -0.15) is 0 Å². The van der Waals surface area contributed by atoms with Crippen molar-refractivity contribution in [2.24, 2.45) is 0 Å². The average molecular weight is 442 g/mol. The second-order valence-corrected chi connectivity index (χ2v) is 8.24. The number of H-pyrrole nitrogens is 1. The van der Waals surface area contributed by atoms with Crippen LogP contribution in [0.3, 0.4) is 0 Å². The molecule has 0 aliphatic carbocycles. The molecule has 0 radical (unpaired) electrons. The summed E-state index contributed by atoms with van der Waals surface area (Å²) in [6, 6.07) is 16.0. The first-order chi connectivity index (χ1) is 15.1. The smallest absolute Gasteiger partial charge is 0.269 e. The standard InChI is InChI=1S/C24H28ClN3O3/c1-28(18-9-12-30-13-10-18)11-14-31-19-6-4-5-17(15-19)16-26-24(29)23-22(25)20-7-2-3-8-21(20)27-23/h2-8,15,18,27H,9-14,16H2,1H3,(H,26,29). The molecule has 6 nitrogen and oxygen atoms in total. The Bertz CT molecular complexity index is 1030. The lowest BCUT2D eigenvalue weighted by Gasteiger charge is -2.31. The summed E-state index contributed by atoms with van der Waals surface area (Å²) in [6.45, 7) is 3.56. The molecule has 4 rings (SSSR count). The van der Waals surface area contributed by atoms with Gasteiger partial charge in [0.2, 0.25) is 0 Å². The maximum absolute atomic E-state index is 12.6. The molecule has 0 unspecified atom stereocenters. The van der Waals surface area contributed by atoms with Gasteiger partial charge in [0.05, 0.1) is 5.02 Å². The van der Waals surface area contributed by atoms with E-state index in [1.807, 2.05) is 48.5 Å². The number of hydrogen-bond acceptors (Lipinski definition) is 4. The van der Waals surface area contributed by atoms with Crippen LogP contribution in [0.4, 0.5) is 0 Å². The van der Waals surface area contributed by atoms with Gasteiger partial charge >= 0.3 is 0 Å². The van der Waals surface area contributed by atoms with E-state index < -0.39 is 0 Å². The van der Waals surface area contributed by atoms with Crippen molar-refractivity contribution in [3.63, 3.8) is 0 Å². The molecule has 1 aliphatic heterocycles. The van der Waals surface area contributed by atoms with Crippen molar-refractivity contribution in [3.8, 4) is 5.75 Å². The molecule has 2 aromatic carbocycles. The lowest BCUT2D eigenvalue weighted by Crippen LogP contribution is -2.38. The lowest BCUT2D eigenvalue weighted by atomic mass is 10.1. The van der Waals surface area contributed by atoms with E-state index in [-0.39, 0.29) is 5.91 Å².